The minimum atomic E-state index is -1.13. The third-order valence-electron chi connectivity index (χ3n) is 9.99. The molecule has 2 aromatic heterocycles. The summed E-state index contributed by atoms with van der Waals surface area (Å²) in [7, 11) is -1.13. The number of ether oxygens (including phenoxy) is 1. The zero-order chi connectivity index (χ0) is 43.0. The molecule has 0 aliphatic rings. The number of H-pyrrole nitrogens is 1. The number of hydrogen-bond acceptors (Lipinski definition) is 4. The molecule has 2 heterocycles. The molecule has 0 spiro atoms. The highest BCUT2D eigenvalue weighted by Crippen LogP contribution is 2.29. The van der Waals surface area contributed by atoms with Crippen molar-refractivity contribution in [3.8, 4) is 0 Å². The maximum absolute atomic E-state index is 7.57. The van der Waals surface area contributed by atoms with Gasteiger partial charge in [-0.1, -0.05) is 178 Å². The number of hydrogen-bond donors (Lipinski definition) is 2. The van der Waals surface area contributed by atoms with Gasteiger partial charge >= 0.3 is 0 Å². The van der Waals surface area contributed by atoms with Crippen LogP contribution in [0, 0.1) is 0 Å². The van der Waals surface area contributed by atoms with Crippen molar-refractivity contribution in [3.63, 3.8) is 0 Å². The van der Waals surface area contributed by atoms with Gasteiger partial charge in [0.25, 0.3) is 0 Å². The summed E-state index contributed by atoms with van der Waals surface area (Å²) >= 11 is 0. The highest BCUT2D eigenvalue weighted by molar-refractivity contribution is 6.76. The Labute approximate surface area is 361 Å². The van der Waals surface area contributed by atoms with Gasteiger partial charge in [-0.05, 0) is 93.9 Å². The molecule has 6 aromatic carbocycles. The maximum Gasteiger partial charge on any atom is 0.140 e. The molecule has 0 atom stereocenters. The Morgan fingerprint density at radius 1 is 0.623 bits per heavy atom. The molecule has 8 aromatic rings. The first-order valence-corrected chi connectivity index (χ1v) is 24.5. The van der Waals surface area contributed by atoms with Crippen LogP contribution in [0.15, 0.2) is 171 Å². The first-order valence-electron chi connectivity index (χ1n) is 20.8. The summed E-state index contributed by atoms with van der Waals surface area (Å²) in [6, 6.07) is 55.0. The van der Waals surface area contributed by atoms with Crippen LogP contribution >= 0.6 is 0 Å². The normalized spacial score (nSPS) is 11.4. The summed E-state index contributed by atoms with van der Waals surface area (Å²) in [6.07, 6.45) is 8.31. The van der Waals surface area contributed by atoms with Crippen molar-refractivity contribution in [2.75, 3.05) is 13.2 Å². The van der Waals surface area contributed by atoms with E-state index >= 15 is 0 Å². The van der Waals surface area contributed by atoms with E-state index in [1.165, 1.54) is 0 Å². The average molecular weight is 821 g/mol. The van der Waals surface area contributed by atoms with Crippen LogP contribution in [-0.4, -0.2) is 46.4 Å². The van der Waals surface area contributed by atoms with E-state index < -0.39 is 8.07 Å². The molecule has 0 unspecified atom stereocenters. The van der Waals surface area contributed by atoms with Crippen molar-refractivity contribution in [1.82, 2.24) is 20.0 Å². The number of nitrogens with zero attached hydrogens (tertiary/aromatic N) is 3. The third-order valence-corrected chi connectivity index (χ3v) is 11.7. The van der Waals surface area contributed by atoms with Crippen LogP contribution in [0.25, 0.3) is 57.3 Å². The molecule has 0 saturated carbocycles. The van der Waals surface area contributed by atoms with E-state index in [4.69, 9.17) is 14.9 Å². The molecule has 0 fully saturated rings. The zero-order valence-corrected chi connectivity index (χ0v) is 36.8. The van der Waals surface area contributed by atoms with E-state index in [0.29, 0.717) is 6.73 Å². The average Bonchev–Trinajstić information content (AvgIpc) is 3.87. The first-order chi connectivity index (χ1) is 29.6. The van der Waals surface area contributed by atoms with Crippen molar-refractivity contribution < 1.29 is 9.84 Å². The SMILES string of the molecule is C=C(c1ccccc1)c1ccc2c(/C=C/c3ccccc3)n[nH]c2c1.C=C(c1ccccc1)c1ccc2c(/C=C/c3ccccc3)nn(COCC[Si](C)(C)C)c2c1.CCO. The number of aromatic amines is 1. The molecule has 8 rings (SSSR count). The van der Waals surface area contributed by atoms with Gasteiger partial charge in [-0.25, -0.2) is 4.68 Å². The molecule has 0 aliphatic heterocycles. The Morgan fingerprint density at radius 3 is 1.62 bits per heavy atom. The van der Waals surface area contributed by atoms with E-state index in [2.05, 4.69) is 146 Å². The van der Waals surface area contributed by atoms with Crippen LogP contribution in [-0.2, 0) is 11.5 Å². The van der Waals surface area contributed by atoms with Crippen LogP contribution in [0.1, 0.15) is 51.7 Å². The second kappa shape index (κ2) is 21.6. The molecule has 0 radical (unpaired) electrons. The lowest BCUT2D eigenvalue weighted by Crippen LogP contribution is -2.22. The van der Waals surface area contributed by atoms with Gasteiger partial charge in [0, 0.05) is 32.1 Å². The molecule has 0 aliphatic carbocycles. The lowest BCUT2D eigenvalue weighted by atomic mass is 9.98. The van der Waals surface area contributed by atoms with E-state index in [9.17, 15) is 0 Å². The Balaban J connectivity index is 0.000000198. The summed E-state index contributed by atoms with van der Waals surface area (Å²) in [5, 5.41) is 22.3. The van der Waals surface area contributed by atoms with Crippen molar-refractivity contribution in [2.24, 2.45) is 0 Å². The van der Waals surface area contributed by atoms with E-state index in [1.807, 2.05) is 83.6 Å². The van der Waals surface area contributed by atoms with Gasteiger partial charge in [0.1, 0.15) is 6.73 Å². The number of rotatable bonds is 13. The Morgan fingerprint density at radius 2 is 1.10 bits per heavy atom. The maximum atomic E-state index is 7.57. The molecule has 6 nitrogen and oxygen atoms in total. The van der Waals surface area contributed by atoms with E-state index in [1.54, 1.807) is 6.92 Å². The van der Waals surface area contributed by atoms with E-state index in [-0.39, 0.29) is 6.61 Å². The first kappa shape index (κ1) is 43.9. The topological polar surface area (TPSA) is 76.0 Å². The Hall–Kier alpha value is -6.64. The van der Waals surface area contributed by atoms with Gasteiger partial charge < -0.3 is 9.84 Å². The number of aromatic nitrogens is 4. The van der Waals surface area contributed by atoms with Crippen molar-refractivity contribution in [3.05, 3.63) is 216 Å². The highest BCUT2D eigenvalue weighted by Gasteiger charge is 2.15. The third kappa shape index (κ3) is 12.4. The summed E-state index contributed by atoms with van der Waals surface area (Å²) < 4.78 is 8.03. The summed E-state index contributed by atoms with van der Waals surface area (Å²) in [4.78, 5) is 0. The summed E-state index contributed by atoms with van der Waals surface area (Å²) in [6.45, 7) is 18.8. The molecule has 2 N–H and O–H groups in total. The molecule has 0 amide bonds. The Bertz CT molecular complexity index is 2690. The van der Waals surface area contributed by atoms with Gasteiger partial charge in [0.2, 0.25) is 0 Å². The van der Waals surface area contributed by atoms with Gasteiger partial charge in [-0.3, -0.25) is 5.10 Å². The lowest BCUT2D eigenvalue weighted by molar-refractivity contribution is 0.0816. The van der Waals surface area contributed by atoms with Gasteiger partial charge in [-0.15, -0.1) is 0 Å². The molecular formula is C54H56N4O2Si. The number of fused-ring (bicyclic) bond motifs is 2. The van der Waals surface area contributed by atoms with Gasteiger partial charge in [0.05, 0.1) is 22.4 Å². The van der Waals surface area contributed by atoms with Crippen LogP contribution < -0.4 is 0 Å². The minimum Gasteiger partial charge on any atom is -0.397 e. The predicted octanol–water partition coefficient (Wildman–Crippen LogP) is 13.4. The van der Waals surface area contributed by atoms with Crippen LogP contribution in [0.4, 0.5) is 0 Å². The number of aliphatic hydroxyl groups excluding tert-OH is 1. The standard InChI is InChI=1S/C29H32N2OSi.C23H18N2.C2H6O/c1-23(25-13-9-6-10-14-25)26-16-17-27-28(18-15-24-11-7-5-8-12-24)30-31(29(27)21-26)22-32-19-20-33(2,3)4;1-17(19-10-6-3-7-11-19)20-13-14-21-22(24-25-23(21)16-20)15-12-18-8-4-2-5-9-18;1-2-3/h5-18,21H,1,19-20,22H2,2-4H3;2-16H,1H2,(H,24,25);3H,2H2,1H3/b18-15+;15-12+;. The molecule has 61 heavy (non-hydrogen) atoms. The van der Waals surface area contributed by atoms with Crippen molar-refractivity contribution in [1.29, 1.82) is 0 Å². The zero-order valence-electron chi connectivity index (χ0n) is 35.8. The fourth-order valence-corrected chi connectivity index (χ4v) is 7.34. The summed E-state index contributed by atoms with van der Waals surface area (Å²) in [5.74, 6) is 0. The number of benzene rings is 6. The number of nitrogens with one attached hydrogen (secondary N) is 1. The fourth-order valence-electron chi connectivity index (χ4n) is 6.58. The highest BCUT2D eigenvalue weighted by atomic mass is 28.3. The monoisotopic (exact) mass is 820 g/mol. The minimum absolute atomic E-state index is 0.250. The molecule has 0 saturated heterocycles. The van der Waals surface area contributed by atoms with Crippen LogP contribution in [0.5, 0.6) is 0 Å². The smallest absolute Gasteiger partial charge is 0.140 e. The predicted molar refractivity (Wildman–Crippen MR) is 263 cm³/mol. The number of aliphatic hydroxyl groups is 1. The van der Waals surface area contributed by atoms with E-state index in [0.717, 1.165) is 90.4 Å². The molecular weight excluding hydrogens is 765 g/mol. The van der Waals surface area contributed by atoms with Crippen molar-refractivity contribution >= 4 is 65.3 Å². The van der Waals surface area contributed by atoms with Crippen molar-refractivity contribution in [2.45, 2.75) is 39.3 Å². The second-order valence-electron chi connectivity index (χ2n) is 15.8. The van der Waals surface area contributed by atoms with Gasteiger partial charge in [-0.2, -0.15) is 10.2 Å². The molecule has 0 bridgehead atoms. The second-order valence-corrected chi connectivity index (χ2v) is 21.4. The quantitative estimate of drug-likeness (QED) is 0.0897. The largest absolute Gasteiger partial charge is 0.397 e. The van der Waals surface area contributed by atoms with Crippen LogP contribution in [0.3, 0.4) is 0 Å². The summed E-state index contributed by atoms with van der Waals surface area (Å²) in [5.41, 5.74) is 12.7. The molecule has 308 valence electrons. The van der Waals surface area contributed by atoms with Gasteiger partial charge in [0.15, 0.2) is 0 Å². The lowest BCUT2D eigenvalue weighted by Gasteiger charge is -2.15. The van der Waals surface area contributed by atoms with Crippen LogP contribution in [0.2, 0.25) is 25.7 Å². The molecule has 7 heteroatoms. The fraction of sp³-hybridized carbons (Fsp3) is 0.148. The Kier molecular flexibility index (Phi) is 15.5.